The lowest BCUT2D eigenvalue weighted by Gasteiger charge is -2.15. The van der Waals surface area contributed by atoms with Crippen LogP contribution in [0.3, 0.4) is 0 Å². The van der Waals surface area contributed by atoms with E-state index in [1.807, 2.05) is 0 Å². The normalized spacial score (nSPS) is 10.9. The summed E-state index contributed by atoms with van der Waals surface area (Å²) in [5, 5.41) is 9.55. The van der Waals surface area contributed by atoms with Crippen molar-refractivity contribution in [2.75, 3.05) is 13.6 Å². The van der Waals surface area contributed by atoms with E-state index in [4.69, 9.17) is 4.42 Å². The van der Waals surface area contributed by atoms with Gasteiger partial charge in [0, 0.05) is 12.1 Å². The molecule has 0 aliphatic heterocycles. The smallest absolute Gasteiger partial charge is 0.180 e. The van der Waals surface area contributed by atoms with Crippen molar-refractivity contribution in [1.82, 2.24) is 4.90 Å². The number of aromatic hydroxyl groups is 1. The third-order valence-electron chi connectivity index (χ3n) is 2.71. The van der Waals surface area contributed by atoms with Crippen LogP contribution in [0.15, 0.2) is 41.2 Å². The van der Waals surface area contributed by atoms with E-state index in [0.29, 0.717) is 6.54 Å². The number of ketones is 1. The van der Waals surface area contributed by atoms with Crippen LogP contribution in [-0.4, -0.2) is 29.4 Å². The average Bonchev–Trinajstić information content (AvgIpc) is 2.84. The van der Waals surface area contributed by atoms with Gasteiger partial charge in [-0.3, -0.25) is 9.69 Å². The first-order valence-corrected chi connectivity index (χ1v) is 5.77. The minimum absolute atomic E-state index is 0.000886. The zero-order chi connectivity index (χ0) is 13.8. The molecular formula is C14H14FNO3. The Morgan fingerprint density at radius 2 is 2.21 bits per heavy atom. The van der Waals surface area contributed by atoms with Crippen LogP contribution in [0, 0.1) is 5.82 Å². The van der Waals surface area contributed by atoms with Crippen molar-refractivity contribution in [3.8, 4) is 5.75 Å². The Balaban J connectivity index is 2.02. The van der Waals surface area contributed by atoms with Crippen molar-refractivity contribution in [3.63, 3.8) is 0 Å². The van der Waals surface area contributed by atoms with Crippen molar-refractivity contribution in [1.29, 1.82) is 0 Å². The maximum Gasteiger partial charge on any atom is 0.180 e. The molecule has 0 saturated carbocycles. The van der Waals surface area contributed by atoms with Gasteiger partial charge in [0.2, 0.25) is 0 Å². The van der Waals surface area contributed by atoms with Crippen LogP contribution in [-0.2, 0) is 6.54 Å². The summed E-state index contributed by atoms with van der Waals surface area (Å²) in [6.07, 6.45) is 3.16. The minimum atomic E-state index is -0.543. The van der Waals surface area contributed by atoms with Crippen molar-refractivity contribution >= 4 is 5.78 Å². The molecule has 0 fully saturated rings. The number of phenolic OH excluding ortho intramolecular Hbond substituents is 1. The van der Waals surface area contributed by atoms with Crippen LogP contribution in [0.1, 0.15) is 15.9 Å². The molecule has 0 saturated heterocycles. The van der Waals surface area contributed by atoms with Gasteiger partial charge in [-0.2, -0.15) is 0 Å². The second-order valence-electron chi connectivity index (χ2n) is 4.39. The largest absolute Gasteiger partial charge is 0.507 e. The number of rotatable bonds is 5. The monoisotopic (exact) mass is 263 g/mol. The molecule has 5 heteroatoms. The molecule has 0 atom stereocenters. The average molecular weight is 263 g/mol. The SMILES string of the molecule is CN(CC(=O)c1cc(F)ccc1O)Cc1ccoc1. The first kappa shape index (κ1) is 13.3. The first-order valence-electron chi connectivity index (χ1n) is 5.77. The van der Waals surface area contributed by atoms with Gasteiger partial charge < -0.3 is 9.52 Å². The second kappa shape index (κ2) is 5.67. The van der Waals surface area contributed by atoms with Crippen molar-refractivity contribution in [3.05, 3.63) is 53.7 Å². The number of furan rings is 1. The summed E-state index contributed by atoms with van der Waals surface area (Å²) < 4.78 is 18.0. The summed E-state index contributed by atoms with van der Waals surface area (Å²) in [6, 6.07) is 5.14. The molecule has 0 radical (unpaired) electrons. The summed E-state index contributed by atoms with van der Waals surface area (Å²) in [4.78, 5) is 13.7. The molecule has 1 heterocycles. The zero-order valence-corrected chi connectivity index (χ0v) is 10.5. The molecule has 0 unspecified atom stereocenters. The van der Waals surface area contributed by atoms with Crippen molar-refractivity contribution in [2.45, 2.75) is 6.54 Å². The van der Waals surface area contributed by atoms with Crippen LogP contribution in [0.4, 0.5) is 4.39 Å². The van der Waals surface area contributed by atoms with Gasteiger partial charge in [-0.05, 0) is 31.3 Å². The van der Waals surface area contributed by atoms with E-state index < -0.39 is 5.82 Å². The molecular weight excluding hydrogens is 249 g/mol. The molecule has 100 valence electrons. The van der Waals surface area contributed by atoms with Gasteiger partial charge >= 0.3 is 0 Å². The molecule has 0 aliphatic rings. The van der Waals surface area contributed by atoms with Gasteiger partial charge in [-0.15, -0.1) is 0 Å². The molecule has 2 rings (SSSR count). The summed E-state index contributed by atoms with van der Waals surface area (Å²) >= 11 is 0. The quantitative estimate of drug-likeness (QED) is 0.842. The number of hydrogen-bond donors (Lipinski definition) is 1. The number of likely N-dealkylation sites (N-methyl/N-ethyl adjacent to an activating group) is 1. The lowest BCUT2D eigenvalue weighted by atomic mass is 10.1. The molecule has 0 spiro atoms. The van der Waals surface area contributed by atoms with Crippen LogP contribution in [0.25, 0.3) is 0 Å². The summed E-state index contributed by atoms with van der Waals surface area (Å²) in [5.74, 6) is -1.08. The number of benzene rings is 1. The van der Waals surface area contributed by atoms with Crippen molar-refractivity contribution < 1.29 is 18.7 Å². The zero-order valence-electron chi connectivity index (χ0n) is 10.5. The van der Waals surface area contributed by atoms with E-state index in [1.165, 1.54) is 6.07 Å². The van der Waals surface area contributed by atoms with Gasteiger partial charge in [0.25, 0.3) is 0 Å². The number of halogens is 1. The molecule has 1 aromatic heterocycles. The third-order valence-corrected chi connectivity index (χ3v) is 2.71. The lowest BCUT2D eigenvalue weighted by molar-refractivity contribution is 0.0940. The summed E-state index contributed by atoms with van der Waals surface area (Å²) in [6.45, 7) is 0.626. The third kappa shape index (κ3) is 3.42. The molecule has 0 aliphatic carbocycles. The number of Topliss-reactive ketones (excluding diaryl/α,β-unsaturated/α-hetero) is 1. The topological polar surface area (TPSA) is 53.7 Å². The van der Waals surface area contributed by atoms with E-state index in [0.717, 1.165) is 17.7 Å². The Labute approximate surface area is 110 Å². The highest BCUT2D eigenvalue weighted by Gasteiger charge is 2.14. The van der Waals surface area contributed by atoms with Crippen molar-refractivity contribution in [2.24, 2.45) is 0 Å². The Morgan fingerprint density at radius 3 is 2.89 bits per heavy atom. The fourth-order valence-corrected chi connectivity index (χ4v) is 1.81. The highest BCUT2D eigenvalue weighted by molar-refractivity contribution is 5.99. The Bertz CT molecular complexity index is 566. The Hall–Kier alpha value is -2.14. The number of carbonyl (C=O) groups excluding carboxylic acids is 1. The van der Waals surface area contributed by atoms with Crippen LogP contribution < -0.4 is 0 Å². The molecule has 1 N–H and O–H groups in total. The molecule has 4 nitrogen and oxygen atoms in total. The van der Waals surface area contributed by atoms with E-state index in [-0.39, 0.29) is 23.6 Å². The summed E-state index contributed by atoms with van der Waals surface area (Å²) in [5.41, 5.74) is 0.942. The van der Waals surface area contributed by atoms with Crippen LogP contribution in [0.2, 0.25) is 0 Å². The summed E-state index contributed by atoms with van der Waals surface area (Å²) in [7, 11) is 1.77. The second-order valence-corrected chi connectivity index (χ2v) is 4.39. The predicted octanol–water partition coefficient (Wildman–Crippen LogP) is 2.44. The highest BCUT2D eigenvalue weighted by Crippen LogP contribution is 2.18. The maximum absolute atomic E-state index is 13.1. The molecule has 1 aromatic carbocycles. The standard InChI is InChI=1S/C14H14FNO3/c1-16(7-10-4-5-19-9-10)8-14(18)12-6-11(15)2-3-13(12)17/h2-6,9,17H,7-8H2,1H3. The Morgan fingerprint density at radius 1 is 1.42 bits per heavy atom. The van der Waals surface area contributed by atoms with Gasteiger partial charge in [-0.25, -0.2) is 4.39 Å². The molecule has 2 aromatic rings. The van der Waals surface area contributed by atoms with Gasteiger partial charge in [0.05, 0.1) is 24.6 Å². The first-order chi connectivity index (χ1) is 9.06. The van der Waals surface area contributed by atoms with E-state index in [1.54, 1.807) is 30.5 Å². The van der Waals surface area contributed by atoms with E-state index in [2.05, 4.69) is 0 Å². The minimum Gasteiger partial charge on any atom is -0.507 e. The predicted molar refractivity (Wildman–Crippen MR) is 67.4 cm³/mol. The number of nitrogens with zero attached hydrogens (tertiary/aromatic N) is 1. The number of phenols is 1. The highest BCUT2D eigenvalue weighted by atomic mass is 19.1. The lowest BCUT2D eigenvalue weighted by Crippen LogP contribution is -2.25. The Kier molecular flexibility index (Phi) is 3.97. The van der Waals surface area contributed by atoms with Crippen LogP contribution >= 0.6 is 0 Å². The molecule has 0 bridgehead atoms. The van der Waals surface area contributed by atoms with Gasteiger partial charge in [-0.1, -0.05) is 0 Å². The van der Waals surface area contributed by atoms with E-state index >= 15 is 0 Å². The number of hydrogen-bond acceptors (Lipinski definition) is 4. The molecule has 19 heavy (non-hydrogen) atoms. The fraction of sp³-hybridized carbons (Fsp3) is 0.214. The van der Waals surface area contributed by atoms with Gasteiger partial charge in [0.1, 0.15) is 11.6 Å². The van der Waals surface area contributed by atoms with E-state index in [9.17, 15) is 14.3 Å². The maximum atomic E-state index is 13.1. The molecule has 0 amide bonds. The van der Waals surface area contributed by atoms with Gasteiger partial charge in [0.15, 0.2) is 5.78 Å². The van der Waals surface area contributed by atoms with Crippen LogP contribution in [0.5, 0.6) is 5.75 Å². The number of carbonyl (C=O) groups is 1. The fourth-order valence-electron chi connectivity index (χ4n) is 1.81.